The zero-order valence-electron chi connectivity index (χ0n) is 12.5. The second-order valence-corrected chi connectivity index (χ2v) is 4.85. The van der Waals surface area contributed by atoms with Crippen molar-refractivity contribution in [1.82, 2.24) is 10.3 Å². The molecule has 0 saturated heterocycles. The van der Waals surface area contributed by atoms with E-state index in [1.54, 1.807) is 0 Å². The number of pyridine rings is 1. The van der Waals surface area contributed by atoms with Gasteiger partial charge >= 0.3 is 0 Å². The number of halogens is 3. The van der Waals surface area contributed by atoms with E-state index in [1.165, 1.54) is 36.5 Å². The minimum atomic E-state index is -2.62. The predicted molar refractivity (Wildman–Crippen MR) is 79.2 cm³/mol. The molecule has 8 heteroatoms. The van der Waals surface area contributed by atoms with Crippen molar-refractivity contribution in [2.45, 2.75) is 19.6 Å². The summed E-state index contributed by atoms with van der Waals surface area (Å²) in [6.07, 6.45) is -1.34. The highest BCUT2D eigenvalue weighted by molar-refractivity contribution is 5.92. The lowest BCUT2D eigenvalue weighted by atomic mass is 10.1. The first-order valence-electron chi connectivity index (χ1n) is 7.03. The van der Waals surface area contributed by atoms with E-state index in [-0.39, 0.29) is 23.6 Å². The van der Waals surface area contributed by atoms with Crippen molar-refractivity contribution in [3.8, 4) is 5.75 Å². The Labute approximate surface area is 136 Å². The number of carbonyl (C=O) groups excluding carboxylic acids is 1. The van der Waals surface area contributed by atoms with Crippen molar-refractivity contribution < 1.29 is 27.8 Å². The first kappa shape index (κ1) is 17.7. The summed E-state index contributed by atoms with van der Waals surface area (Å²) in [6.45, 7) is -1.13. The second kappa shape index (κ2) is 8.30. The van der Waals surface area contributed by atoms with Crippen LogP contribution in [-0.2, 0) is 13.2 Å². The molecule has 0 radical (unpaired) electrons. The lowest BCUT2D eigenvalue weighted by Crippen LogP contribution is -2.24. The zero-order chi connectivity index (χ0) is 17.5. The van der Waals surface area contributed by atoms with E-state index in [2.05, 4.69) is 10.3 Å². The summed E-state index contributed by atoms with van der Waals surface area (Å²) in [4.78, 5) is 15.9. The lowest BCUT2D eigenvalue weighted by molar-refractivity contribution is 0.0817. The Balaban J connectivity index is 1.98. The van der Waals surface area contributed by atoms with Crippen molar-refractivity contribution in [2.24, 2.45) is 0 Å². The third-order valence-electron chi connectivity index (χ3n) is 3.07. The number of nitrogens with one attached hydrogen (secondary N) is 1. The van der Waals surface area contributed by atoms with Crippen molar-refractivity contribution in [3.05, 3.63) is 59.2 Å². The molecule has 2 N–H and O–H groups in total. The number of aliphatic hydroxyl groups excluding tert-OH is 1. The number of hydrogen-bond donors (Lipinski definition) is 2. The summed E-state index contributed by atoms with van der Waals surface area (Å²) < 4.78 is 42.3. The maximum Gasteiger partial charge on any atom is 0.272 e. The molecule has 0 fully saturated rings. The molecule has 0 aliphatic heterocycles. The summed E-state index contributed by atoms with van der Waals surface area (Å²) in [5.41, 5.74) is 0.729. The summed E-state index contributed by atoms with van der Waals surface area (Å²) in [6, 6.07) is 6.73. The molecule has 0 spiro atoms. The van der Waals surface area contributed by atoms with Gasteiger partial charge < -0.3 is 15.2 Å². The Morgan fingerprint density at radius 2 is 2.08 bits per heavy atom. The van der Waals surface area contributed by atoms with Gasteiger partial charge in [0.15, 0.2) is 0 Å². The van der Waals surface area contributed by atoms with Gasteiger partial charge in [-0.15, -0.1) is 0 Å². The maximum atomic E-state index is 13.3. The van der Waals surface area contributed by atoms with Crippen LogP contribution in [0.25, 0.3) is 0 Å². The highest BCUT2D eigenvalue weighted by atomic mass is 19.3. The lowest BCUT2D eigenvalue weighted by Gasteiger charge is -2.09. The number of benzene rings is 1. The third-order valence-corrected chi connectivity index (χ3v) is 3.07. The van der Waals surface area contributed by atoms with Crippen LogP contribution in [0.5, 0.6) is 5.75 Å². The first-order valence-corrected chi connectivity index (χ1v) is 7.03. The van der Waals surface area contributed by atoms with E-state index in [4.69, 9.17) is 9.84 Å². The van der Waals surface area contributed by atoms with Gasteiger partial charge in [0.05, 0.1) is 6.61 Å². The molecule has 2 rings (SSSR count). The first-order chi connectivity index (χ1) is 11.5. The third kappa shape index (κ3) is 4.95. The summed E-state index contributed by atoms with van der Waals surface area (Å²) in [5, 5.41) is 11.6. The smallest absolute Gasteiger partial charge is 0.272 e. The topological polar surface area (TPSA) is 71.5 Å². The predicted octanol–water partition coefficient (Wildman–Crippen LogP) is 2.29. The number of amides is 1. The average molecular weight is 340 g/mol. The van der Waals surface area contributed by atoms with Crippen LogP contribution in [0.2, 0.25) is 0 Å². The van der Waals surface area contributed by atoms with Gasteiger partial charge in [-0.05, 0) is 23.8 Å². The quantitative estimate of drug-likeness (QED) is 0.811. The SMILES string of the molecule is O=C(NCc1ccc(F)c(CO)c1)c1cc(OCC(F)F)ccn1. The molecule has 1 amide bonds. The number of rotatable bonds is 7. The Morgan fingerprint density at radius 1 is 1.29 bits per heavy atom. The van der Waals surface area contributed by atoms with Crippen LogP contribution in [-0.4, -0.2) is 29.0 Å². The molecule has 5 nitrogen and oxygen atoms in total. The molecule has 0 aliphatic rings. The Kier molecular flexibility index (Phi) is 6.14. The van der Waals surface area contributed by atoms with E-state index >= 15 is 0 Å². The van der Waals surface area contributed by atoms with Crippen LogP contribution in [0.1, 0.15) is 21.6 Å². The van der Waals surface area contributed by atoms with Gasteiger partial charge in [-0.25, -0.2) is 13.2 Å². The number of ether oxygens (including phenoxy) is 1. The number of carbonyl (C=O) groups is 1. The molecule has 1 aromatic heterocycles. The van der Waals surface area contributed by atoms with Crippen molar-refractivity contribution in [1.29, 1.82) is 0 Å². The van der Waals surface area contributed by atoms with Gasteiger partial charge in [0, 0.05) is 24.4 Å². The highest BCUT2D eigenvalue weighted by Crippen LogP contribution is 2.13. The molecular weight excluding hydrogens is 325 g/mol. The Morgan fingerprint density at radius 3 is 2.79 bits per heavy atom. The molecule has 128 valence electrons. The molecule has 0 bridgehead atoms. The van der Waals surface area contributed by atoms with E-state index < -0.39 is 31.4 Å². The fourth-order valence-corrected chi connectivity index (χ4v) is 1.92. The largest absolute Gasteiger partial charge is 0.488 e. The van der Waals surface area contributed by atoms with E-state index in [0.29, 0.717) is 5.56 Å². The van der Waals surface area contributed by atoms with Crippen molar-refractivity contribution in [2.75, 3.05) is 6.61 Å². The number of alkyl halides is 2. The molecule has 0 unspecified atom stereocenters. The average Bonchev–Trinajstić information content (AvgIpc) is 2.59. The van der Waals surface area contributed by atoms with Gasteiger partial charge in [0.25, 0.3) is 12.3 Å². The fraction of sp³-hybridized carbons (Fsp3) is 0.250. The number of nitrogens with zero attached hydrogens (tertiary/aromatic N) is 1. The van der Waals surface area contributed by atoms with Crippen LogP contribution in [0.15, 0.2) is 36.5 Å². The Bertz CT molecular complexity index is 711. The van der Waals surface area contributed by atoms with Gasteiger partial charge in [0.2, 0.25) is 0 Å². The minimum absolute atomic E-state index is 0.00580. The van der Waals surface area contributed by atoms with Crippen LogP contribution < -0.4 is 10.1 Å². The summed E-state index contributed by atoms with van der Waals surface area (Å²) >= 11 is 0. The number of aliphatic hydroxyl groups is 1. The molecule has 2 aromatic rings. The molecule has 1 aromatic carbocycles. The van der Waals surface area contributed by atoms with Crippen LogP contribution in [0.3, 0.4) is 0 Å². The highest BCUT2D eigenvalue weighted by Gasteiger charge is 2.10. The van der Waals surface area contributed by atoms with Crippen molar-refractivity contribution >= 4 is 5.91 Å². The Hall–Kier alpha value is -2.61. The maximum absolute atomic E-state index is 13.3. The van der Waals surface area contributed by atoms with Crippen LogP contribution in [0, 0.1) is 5.82 Å². The standard InChI is InChI=1S/C16H15F3N2O3/c17-13-2-1-10(5-11(13)8-22)7-21-16(23)14-6-12(3-4-20-14)24-9-15(18)19/h1-6,15,22H,7-9H2,(H,21,23). The molecular formula is C16H15F3N2O3. The zero-order valence-corrected chi connectivity index (χ0v) is 12.5. The van der Waals surface area contributed by atoms with Crippen LogP contribution >= 0.6 is 0 Å². The normalized spacial score (nSPS) is 10.7. The van der Waals surface area contributed by atoms with Crippen LogP contribution in [0.4, 0.5) is 13.2 Å². The molecule has 1 heterocycles. The summed E-state index contributed by atoms with van der Waals surface area (Å²) in [5.74, 6) is -0.953. The molecule has 24 heavy (non-hydrogen) atoms. The number of hydrogen-bond acceptors (Lipinski definition) is 4. The monoisotopic (exact) mass is 340 g/mol. The minimum Gasteiger partial charge on any atom is -0.488 e. The van der Waals surface area contributed by atoms with Gasteiger partial charge in [-0.3, -0.25) is 9.78 Å². The van der Waals surface area contributed by atoms with E-state index in [1.807, 2.05) is 0 Å². The summed E-state index contributed by atoms with van der Waals surface area (Å²) in [7, 11) is 0. The number of aromatic nitrogens is 1. The van der Waals surface area contributed by atoms with Gasteiger partial charge in [0.1, 0.15) is 23.9 Å². The van der Waals surface area contributed by atoms with Gasteiger partial charge in [-0.1, -0.05) is 6.07 Å². The van der Waals surface area contributed by atoms with Crippen molar-refractivity contribution in [3.63, 3.8) is 0 Å². The fourth-order valence-electron chi connectivity index (χ4n) is 1.92. The van der Waals surface area contributed by atoms with E-state index in [0.717, 1.165) is 0 Å². The van der Waals surface area contributed by atoms with Gasteiger partial charge in [-0.2, -0.15) is 0 Å². The second-order valence-electron chi connectivity index (χ2n) is 4.85. The van der Waals surface area contributed by atoms with E-state index in [9.17, 15) is 18.0 Å². The molecule has 0 saturated carbocycles. The molecule has 0 atom stereocenters. The molecule has 0 aliphatic carbocycles.